The summed E-state index contributed by atoms with van der Waals surface area (Å²) in [5.41, 5.74) is 0.625. The predicted octanol–water partition coefficient (Wildman–Crippen LogP) is 3.37. The molecule has 0 aromatic heterocycles. The summed E-state index contributed by atoms with van der Waals surface area (Å²) in [7, 11) is 1.60. The molecule has 4 atom stereocenters. The number of hydrogen-bond donors (Lipinski definition) is 1. The lowest BCUT2D eigenvalue weighted by Gasteiger charge is -2.50. The number of rotatable bonds is 7. The van der Waals surface area contributed by atoms with Gasteiger partial charge in [0.2, 0.25) is 5.91 Å². The molecule has 2 aliphatic carbocycles. The van der Waals surface area contributed by atoms with Crippen molar-refractivity contribution >= 4 is 11.7 Å². The van der Waals surface area contributed by atoms with Gasteiger partial charge in [-0.1, -0.05) is 25.7 Å². The first-order valence-corrected chi connectivity index (χ1v) is 10.3. The summed E-state index contributed by atoms with van der Waals surface area (Å²) in [5.74, 6) is 2.35. The molecule has 1 N–H and O–H groups in total. The number of carbonyl (C=O) groups excluding carboxylic acids is 2. The number of ether oxygens (including phenoxy) is 2. The van der Waals surface area contributed by atoms with Gasteiger partial charge in [-0.3, -0.25) is 9.59 Å². The lowest BCUT2D eigenvalue weighted by molar-refractivity contribution is -0.129. The molecule has 3 aliphatic rings. The Bertz CT molecular complexity index is 675. The molecule has 1 aromatic carbocycles. The zero-order valence-corrected chi connectivity index (χ0v) is 16.0. The number of Topliss-reactive ketones (excluding diaryl/α,β-unsaturated/α-hetero) is 1. The van der Waals surface area contributed by atoms with Crippen molar-refractivity contribution in [2.45, 2.75) is 57.1 Å². The van der Waals surface area contributed by atoms with E-state index in [9.17, 15) is 9.59 Å². The van der Waals surface area contributed by atoms with Gasteiger partial charge < -0.3 is 14.8 Å². The Balaban J connectivity index is 1.29. The Morgan fingerprint density at radius 3 is 2.56 bits per heavy atom. The van der Waals surface area contributed by atoms with Gasteiger partial charge in [0.1, 0.15) is 5.75 Å². The van der Waals surface area contributed by atoms with Crippen LogP contribution in [0.2, 0.25) is 0 Å². The van der Waals surface area contributed by atoms with E-state index in [1.54, 1.807) is 31.4 Å². The third-order valence-corrected chi connectivity index (χ3v) is 6.70. The van der Waals surface area contributed by atoms with E-state index in [4.69, 9.17) is 9.47 Å². The molecule has 0 radical (unpaired) electrons. The standard InChI is InChI=1S/C22H29NO4/c1-26-16-8-6-14(7-9-16)18(24)10-11-19(25)23-21-17-12-13-27-22(17)20(21)15-4-2-3-5-15/h6-9,15,17,20-22H,2-5,10-13H2,1H3,(H,23,25)/t17-,20+,21-,22-/m0/s1. The van der Waals surface area contributed by atoms with Crippen molar-refractivity contribution in [3.8, 4) is 5.75 Å². The summed E-state index contributed by atoms with van der Waals surface area (Å²) in [6.07, 6.45) is 7.01. The van der Waals surface area contributed by atoms with Gasteiger partial charge in [0.15, 0.2) is 5.78 Å². The average Bonchev–Trinajstić information content (AvgIpc) is 3.35. The first-order valence-electron chi connectivity index (χ1n) is 10.3. The van der Waals surface area contributed by atoms with Crippen LogP contribution in [0.3, 0.4) is 0 Å². The van der Waals surface area contributed by atoms with Crippen LogP contribution in [-0.4, -0.2) is 37.6 Å². The van der Waals surface area contributed by atoms with Crippen LogP contribution in [0, 0.1) is 17.8 Å². The van der Waals surface area contributed by atoms with Crippen molar-refractivity contribution in [1.29, 1.82) is 0 Å². The molecule has 1 amide bonds. The monoisotopic (exact) mass is 371 g/mol. The predicted molar refractivity (Wildman–Crippen MR) is 102 cm³/mol. The van der Waals surface area contributed by atoms with E-state index in [0.717, 1.165) is 18.8 Å². The molecule has 1 saturated heterocycles. The molecule has 5 heteroatoms. The van der Waals surface area contributed by atoms with Crippen LogP contribution in [-0.2, 0) is 9.53 Å². The maximum atomic E-state index is 12.5. The normalized spacial score (nSPS) is 29.8. The van der Waals surface area contributed by atoms with Gasteiger partial charge in [-0.2, -0.15) is 0 Å². The van der Waals surface area contributed by atoms with E-state index in [1.165, 1.54) is 25.7 Å². The van der Waals surface area contributed by atoms with Crippen LogP contribution in [0.15, 0.2) is 24.3 Å². The number of methoxy groups -OCH3 is 1. The molecular weight excluding hydrogens is 342 g/mol. The summed E-state index contributed by atoms with van der Waals surface area (Å²) < 4.78 is 11.1. The molecule has 3 fully saturated rings. The highest BCUT2D eigenvalue weighted by Crippen LogP contribution is 2.51. The maximum absolute atomic E-state index is 12.5. The highest BCUT2D eigenvalue weighted by molar-refractivity contribution is 5.98. The van der Waals surface area contributed by atoms with Gasteiger partial charge >= 0.3 is 0 Å². The van der Waals surface area contributed by atoms with E-state index in [1.807, 2.05) is 0 Å². The lowest BCUT2D eigenvalue weighted by atomic mass is 9.61. The van der Waals surface area contributed by atoms with Crippen LogP contribution < -0.4 is 10.1 Å². The number of amides is 1. The minimum atomic E-state index is -0.00444. The first kappa shape index (κ1) is 18.5. The topological polar surface area (TPSA) is 64.6 Å². The third-order valence-electron chi connectivity index (χ3n) is 6.70. The van der Waals surface area contributed by atoms with E-state index >= 15 is 0 Å². The van der Waals surface area contributed by atoms with Gasteiger partial charge in [-0.25, -0.2) is 0 Å². The maximum Gasteiger partial charge on any atom is 0.220 e. The summed E-state index contributed by atoms with van der Waals surface area (Å²) in [6.45, 7) is 0.820. The molecule has 1 heterocycles. The van der Waals surface area contributed by atoms with Gasteiger partial charge in [0.05, 0.1) is 13.2 Å². The first-order chi connectivity index (χ1) is 13.2. The second kappa shape index (κ2) is 8.01. The highest BCUT2D eigenvalue weighted by Gasteiger charge is 2.56. The van der Waals surface area contributed by atoms with Crippen molar-refractivity contribution < 1.29 is 19.1 Å². The number of ketones is 1. The lowest BCUT2D eigenvalue weighted by Crippen LogP contribution is -2.63. The van der Waals surface area contributed by atoms with Gasteiger partial charge in [-0.15, -0.1) is 0 Å². The van der Waals surface area contributed by atoms with Crippen LogP contribution in [0.25, 0.3) is 0 Å². The molecule has 0 bridgehead atoms. The molecule has 5 nitrogen and oxygen atoms in total. The van der Waals surface area contributed by atoms with Crippen LogP contribution in [0.1, 0.15) is 55.3 Å². The fourth-order valence-electron chi connectivity index (χ4n) is 5.27. The Labute approximate surface area is 160 Å². The van der Waals surface area contributed by atoms with Crippen molar-refractivity contribution in [2.75, 3.05) is 13.7 Å². The SMILES string of the molecule is COc1ccc(C(=O)CCC(=O)N[C@H]2[C@@H]3CCO[C@@H]3[C@@H]2C2CCCC2)cc1. The zero-order valence-electron chi connectivity index (χ0n) is 16.0. The fraction of sp³-hybridized carbons (Fsp3) is 0.636. The van der Waals surface area contributed by atoms with Gasteiger partial charge in [-0.05, 0) is 36.6 Å². The minimum Gasteiger partial charge on any atom is -0.497 e. The summed E-state index contributed by atoms with van der Waals surface area (Å²) in [6, 6.07) is 7.29. The number of fused-ring (bicyclic) bond motifs is 1. The van der Waals surface area contributed by atoms with Crippen LogP contribution in [0.4, 0.5) is 0 Å². The molecule has 1 aromatic rings. The second-order valence-corrected chi connectivity index (χ2v) is 8.15. The van der Waals surface area contributed by atoms with E-state index < -0.39 is 0 Å². The number of nitrogens with one attached hydrogen (secondary N) is 1. The van der Waals surface area contributed by atoms with E-state index in [0.29, 0.717) is 29.4 Å². The smallest absolute Gasteiger partial charge is 0.220 e. The second-order valence-electron chi connectivity index (χ2n) is 8.15. The zero-order chi connectivity index (χ0) is 18.8. The molecule has 4 rings (SSSR count). The Morgan fingerprint density at radius 1 is 1.11 bits per heavy atom. The summed E-state index contributed by atoms with van der Waals surface area (Å²) in [4.78, 5) is 24.8. The number of carbonyl (C=O) groups is 2. The molecule has 0 spiro atoms. The van der Waals surface area contributed by atoms with E-state index in [-0.39, 0.29) is 30.6 Å². The summed E-state index contributed by atoms with van der Waals surface area (Å²) in [5, 5.41) is 3.25. The fourth-order valence-corrected chi connectivity index (χ4v) is 5.27. The Morgan fingerprint density at radius 2 is 1.85 bits per heavy atom. The highest BCUT2D eigenvalue weighted by atomic mass is 16.5. The average molecular weight is 371 g/mol. The summed E-state index contributed by atoms with van der Waals surface area (Å²) >= 11 is 0. The quantitative estimate of drug-likeness (QED) is 0.747. The Kier molecular flexibility index (Phi) is 5.48. The van der Waals surface area contributed by atoms with Crippen molar-refractivity contribution in [1.82, 2.24) is 5.32 Å². The van der Waals surface area contributed by atoms with Crippen LogP contribution in [0.5, 0.6) is 5.75 Å². The van der Waals surface area contributed by atoms with Crippen LogP contribution >= 0.6 is 0 Å². The third kappa shape index (κ3) is 3.75. The van der Waals surface area contributed by atoms with Gasteiger partial charge in [0, 0.05) is 42.9 Å². The largest absolute Gasteiger partial charge is 0.497 e. The van der Waals surface area contributed by atoms with Crippen molar-refractivity contribution in [2.24, 2.45) is 17.8 Å². The number of hydrogen-bond acceptors (Lipinski definition) is 4. The van der Waals surface area contributed by atoms with Crippen molar-refractivity contribution in [3.05, 3.63) is 29.8 Å². The van der Waals surface area contributed by atoms with Crippen molar-refractivity contribution in [3.63, 3.8) is 0 Å². The van der Waals surface area contributed by atoms with E-state index in [2.05, 4.69) is 5.32 Å². The molecule has 1 aliphatic heterocycles. The molecule has 0 unspecified atom stereocenters. The molecule has 27 heavy (non-hydrogen) atoms. The number of benzene rings is 1. The molecular formula is C22H29NO4. The minimum absolute atomic E-state index is 0.00386. The Hall–Kier alpha value is -1.88. The molecule has 146 valence electrons. The van der Waals surface area contributed by atoms with Gasteiger partial charge in [0.25, 0.3) is 0 Å². The molecule has 2 saturated carbocycles.